The zero-order valence-electron chi connectivity index (χ0n) is 26.0. The lowest BCUT2D eigenvalue weighted by Gasteiger charge is -2.44. The van der Waals surface area contributed by atoms with E-state index in [0.717, 1.165) is 72.1 Å². The Hall–Kier alpha value is -3.78. The quantitative estimate of drug-likeness (QED) is 0.193. The third-order valence-corrected chi connectivity index (χ3v) is 11.4. The first-order valence-electron chi connectivity index (χ1n) is 16.1. The van der Waals surface area contributed by atoms with Crippen LogP contribution in [-0.2, 0) is 10.2 Å². The number of aromatic nitrogens is 2. The Morgan fingerprint density at radius 3 is 2.51 bits per heavy atom. The van der Waals surface area contributed by atoms with Gasteiger partial charge in [0.2, 0.25) is 5.78 Å². The molecule has 0 spiro atoms. The van der Waals surface area contributed by atoms with Crippen LogP contribution in [0, 0.1) is 23.5 Å². The number of carbonyl (C=O) groups excluding carboxylic acids is 1. The number of pyridine rings is 1. The van der Waals surface area contributed by atoms with E-state index in [9.17, 15) is 22.0 Å². The van der Waals surface area contributed by atoms with E-state index < -0.39 is 45.0 Å². The molecule has 3 N–H and O–H groups in total. The minimum absolute atomic E-state index is 0.0128. The number of ketones is 1. The number of hydrogen-bond donors (Lipinski definition) is 3. The van der Waals surface area contributed by atoms with E-state index in [1.807, 2.05) is 16.9 Å². The second-order valence-corrected chi connectivity index (χ2v) is 14.6. The molecule has 5 heterocycles. The van der Waals surface area contributed by atoms with Gasteiger partial charge < -0.3 is 15.2 Å². The molecule has 0 amide bonds. The van der Waals surface area contributed by atoms with E-state index in [1.54, 1.807) is 12.3 Å². The zero-order chi connectivity index (χ0) is 32.9. The molecule has 0 radical (unpaired) electrons. The van der Waals surface area contributed by atoms with Crippen molar-refractivity contribution >= 4 is 32.7 Å². The Labute approximate surface area is 271 Å². The van der Waals surface area contributed by atoms with Crippen LogP contribution >= 0.6 is 0 Å². The van der Waals surface area contributed by atoms with Gasteiger partial charge in [0, 0.05) is 67.5 Å². The molecule has 4 aromatic rings. The zero-order valence-corrected chi connectivity index (χ0v) is 26.8. The molecule has 248 valence electrons. The van der Waals surface area contributed by atoms with Gasteiger partial charge in [0.05, 0.1) is 11.3 Å². The first-order chi connectivity index (χ1) is 22.6. The number of hydrogen-bond acceptors (Lipinski definition) is 6. The number of nitrogens with zero attached hydrogens (tertiary/aromatic N) is 3. The highest BCUT2D eigenvalue weighted by molar-refractivity contribution is 7.90. The minimum atomic E-state index is -4.32. The van der Waals surface area contributed by atoms with Gasteiger partial charge in [-0.05, 0) is 60.7 Å². The molecule has 2 aromatic carbocycles. The van der Waals surface area contributed by atoms with Gasteiger partial charge >= 0.3 is 10.2 Å². The summed E-state index contributed by atoms with van der Waals surface area (Å²) in [6.45, 7) is 7.33. The van der Waals surface area contributed by atoms with Crippen molar-refractivity contribution in [2.24, 2.45) is 11.8 Å². The SMILES string of the molecule is CCC(CN1CC(c2ccc(-c3cnc4[nH]cc(C(=O)c5c(F)ccc(NS(=O)(=O)N6CC[C@@H](F)C6)c5F)c4c3)cc2)C1)C1CNC1. The molecule has 3 saturated heterocycles. The Kier molecular flexibility index (Phi) is 8.58. The van der Waals surface area contributed by atoms with Gasteiger partial charge in [0.1, 0.15) is 17.6 Å². The van der Waals surface area contributed by atoms with Crippen LogP contribution in [-0.4, -0.2) is 85.4 Å². The molecule has 13 heteroatoms. The largest absolute Gasteiger partial charge is 0.345 e. The predicted molar refractivity (Wildman–Crippen MR) is 174 cm³/mol. The number of anilines is 1. The van der Waals surface area contributed by atoms with Crippen LogP contribution in [0.4, 0.5) is 18.9 Å². The Morgan fingerprint density at radius 1 is 1.09 bits per heavy atom. The molecule has 2 atom stereocenters. The number of halogens is 3. The number of H-pyrrole nitrogens is 1. The van der Waals surface area contributed by atoms with E-state index in [1.165, 1.54) is 18.2 Å². The molecular formula is C34H37F3N6O3S. The average Bonchev–Trinajstić information content (AvgIpc) is 3.65. The Morgan fingerprint density at radius 2 is 1.85 bits per heavy atom. The number of likely N-dealkylation sites (tertiary alicyclic amines) is 1. The molecule has 0 bridgehead atoms. The summed E-state index contributed by atoms with van der Waals surface area (Å²) in [4.78, 5) is 23.4. The van der Waals surface area contributed by atoms with Crippen LogP contribution in [0.15, 0.2) is 54.9 Å². The summed E-state index contributed by atoms with van der Waals surface area (Å²) in [6.07, 6.45) is 2.90. The summed E-state index contributed by atoms with van der Waals surface area (Å²) in [5, 5.41) is 3.75. The van der Waals surface area contributed by atoms with Gasteiger partial charge in [0.25, 0.3) is 0 Å². The number of rotatable bonds is 11. The standard InChI is InChI=1S/C34H37F3N6O3S/c1-2-20(24-12-38-13-24)16-42-17-25(18-42)22-5-3-21(4-6-22)23-11-27-28(15-40-34(27)39-14-23)33(44)31-29(36)7-8-30(32(31)37)41-47(45,46)43-10-9-26(35)19-43/h3-8,11,14-15,20,24-26,38,41H,2,9-10,12-13,16-19H2,1H3,(H,39,40)/t20?,26-/m1/s1. The second-order valence-electron chi connectivity index (χ2n) is 12.9. The van der Waals surface area contributed by atoms with E-state index in [-0.39, 0.29) is 25.1 Å². The Bertz CT molecular complexity index is 1910. The highest BCUT2D eigenvalue weighted by atomic mass is 32.2. The lowest BCUT2D eigenvalue weighted by Crippen LogP contribution is -2.52. The molecule has 1 unspecified atom stereocenters. The molecule has 9 nitrogen and oxygen atoms in total. The van der Waals surface area contributed by atoms with Crippen molar-refractivity contribution in [2.45, 2.75) is 31.9 Å². The van der Waals surface area contributed by atoms with Crippen molar-refractivity contribution in [3.63, 3.8) is 0 Å². The summed E-state index contributed by atoms with van der Waals surface area (Å²) in [7, 11) is -4.32. The van der Waals surface area contributed by atoms with Gasteiger partial charge in [-0.1, -0.05) is 37.6 Å². The molecule has 3 fully saturated rings. The highest BCUT2D eigenvalue weighted by Crippen LogP contribution is 2.33. The third kappa shape index (κ3) is 6.17. The van der Waals surface area contributed by atoms with Crippen LogP contribution in [0.5, 0.6) is 0 Å². The summed E-state index contributed by atoms with van der Waals surface area (Å²) in [5.41, 5.74) is 1.72. The lowest BCUT2D eigenvalue weighted by molar-refractivity contribution is 0.0885. The minimum Gasteiger partial charge on any atom is -0.345 e. The normalized spacial score (nSPS) is 20.3. The third-order valence-electron chi connectivity index (χ3n) is 9.94. The van der Waals surface area contributed by atoms with Crippen molar-refractivity contribution in [3.05, 3.63) is 83.2 Å². The topological polar surface area (TPSA) is 110 Å². The molecule has 7 rings (SSSR count). The van der Waals surface area contributed by atoms with Crippen LogP contribution in [0.2, 0.25) is 0 Å². The predicted octanol–water partition coefficient (Wildman–Crippen LogP) is 5.08. The van der Waals surface area contributed by atoms with E-state index >= 15 is 4.39 Å². The molecule has 3 aliphatic rings. The molecule has 3 aliphatic heterocycles. The fourth-order valence-corrected chi connectivity index (χ4v) is 8.17. The monoisotopic (exact) mass is 666 g/mol. The summed E-state index contributed by atoms with van der Waals surface area (Å²) < 4.78 is 72.5. The maximum absolute atomic E-state index is 15.6. The van der Waals surface area contributed by atoms with Crippen LogP contribution in [0.25, 0.3) is 22.2 Å². The fraction of sp³-hybridized carbons (Fsp3) is 0.412. The van der Waals surface area contributed by atoms with Gasteiger partial charge in [-0.25, -0.2) is 18.2 Å². The smallest absolute Gasteiger partial charge is 0.301 e. The van der Waals surface area contributed by atoms with Gasteiger partial charge in [-0.2, -0.15) is 12.7 Å². The molecule has 47 heavy (non-hydrogen) atoms. The van der Waals surface area contributed by atoms with Gasteiger partial charge in [-0.15, -0.1) is 0 Å². The number of alkyl halides is 1. The number of benzene rings is 2. The lowest BCUT2D eigenvalue weighted by atomic mass is 9.83. The molecule has 0 aliphatic carbocycles. The maximum Gasteiger partial charge on any atom is 0.301 e. The van der Waals surface area contributed by atoms with Gasteiger partial charge in [0.15, 0.2) is 5.82 Å². The van der Waals surface area contributed by atoms with E-state index in [0.29, 0.717) is 17.0 Å². The second kappa shape index (κ2) is 12.7. The van der Waals surface area contributed by atoms with Crippen molar-refractivity contribution in [1.29, 1.82) is 0 Å². The number of fused-ring (bicyclic) bond motifs is 1. The van der Waals surface area contributed by atoms with Crippen molar-refractivity contribution < 1.29 is 26.4 Å². The molecule has 2 aromatic heterocycles. The highest BCUT2D eigenvalue weighted by Gasteiger charge is 2.34. The van der Waals surface area contributed by atoms with Crippen molar-refractivity contribution in [2.75, 3.05) is 50.5 Å². The molecular weight excluding hydrogens is 629 g/mol. The van der Waals surface area contributed by atoms with E-state index in [2.05, 4.69) is 39.2 Å². The summed E-state index contributed by atoms with van der Waals surface area (Å²) in [6, 6.07) is 11.7. The number of nitrogens with one attached hydrogen (secondary N) is 3. The maximum atomic E-state index is 15.6. The Balaban J connectivity index is 1.08. The first kappa shape index (κ1) is 31.8. The summed E-state index contributed by atoms with van der Waals surface area (Å²) >= 11 is 0. The average molecular weight is 667 g/mol. The van der Waals surface area contributed by atoms with Crippen LogP contribution in [0.1, 0.15) is 47.2 Å². The fourth-order valence-electron chi connectivity index (χ4n) is 6.90. The van der Waals surface area contributed by atoms with E-state index in [4.69, 9.17) is 0 Å². The number of carbonyl (C=O) groups is 1. The summed E-state index contributed by atoms with van der Waals surface area (Å²) in [5.74, 6) is -1.46. The first-order valence-corrected chi connectivity index (χ1v) is 17.5. The van der Waals surface area contributed by atoms with Gasteiger partial charge in [-0.3, -0.25) is 9.52 Å². The van der Waals surface area contributed by atoms with Crippen molar-refractivity contribution in [3.8, 4) is 11.1 Å². The van der Waals surface area contributed by atoms with Crippen molar-refractivity contribution in [1.82, 2.24) is 24.5 Å². The van der Waals surface area contributed by atoms with Crippen LogP contribution in [0.3, 0.4) is 0 Å². The van der Waals surface area contributed by atoms with Crippen LogP contribution < -0.4 is 10.0 Å². The number of aromatic amines is 1. The molecule has 0 saturated carbocycles.